The zero-order valence-electron chi connectivity index (χ0n) is 33.7. The van der Waals surface area contributed by atoms with E-state index in [4.69, 9.17) is 5.73 Å². The minimum absolute atomic E-state index is 0. The summed E-state index contributed by atoms with van der Waals surface area (Å²) in [5.74, 6) is -0.150. The molecule has 8 rings (SSSR count). The molecule has 0 spiro atoms. The van der Waals surface area contributed by atoms with Crippen LogP contribution in [0.1, 0.15) is 46.7 Å². The number of urea groups is 2. The molecule has 9 N–H and O–H groups in total. The van der Waals surface area contributed by atoms with E-state index in [1.165, 1.54) is 17.0 Å². The molecule has 4 aromatic rings. The quantitative estimate of drug-likeness (QED) is 0.100. The molecule has 2 fully saturated rings. The lowest BCUT2D eigenvalue weighted by Gasteiger charge is -2.35. The minimum Gasteiger partial charge on any atom is -0.477 e. The van der Waals surface area contributed by atoms with E-state index in [0.717, 1.165) is 38.2 Å². The van der Waals surface area contributed by atoms with Crippen molar-refractivity contribution in [2.24, 2.45) is 17.2 Å². The summed E-state index contributed by atoms with van der Waals surface area (Å²) < 4.78 is 71.6. The van der Waals surface area contributed by atoms with Crippen LogP contribution in [-0.2, 0) is 0 Å². The second kappa shape index (κ2) is 20.4. The monoisotopic (exact) mass is 923 g/mol. The number of carbonyl (C=O) groups is 4. The van der Waals surface area contributed by atoms with Crippen LogP contribution in [0, 0.1) is 0 Å². The molecule has 2 unspecified atom stereocenters. The molecule has 4 bridgehead atoms. The molecule has 344 valence electrons. The number of amides is 4. The fourth-order valence-corrected chi connectivity index (χ4v) is 7.14. The zero-order chi connectivity index (χ0) is 45.6. The first kappa shape index (κ1) is 48.7. The molecule has 18 nitrogen and oxygen atoms in total. The number of nitrogens with zero attached hydrogens (tertiary/aromatic N) is 8. The molecule has 4 aliphatic rings. The van der Waals surface area contributed by atoms with Gasteiger partial charge >= 0.3 is 30.4 Å². The normalized spacial score (nSPS) is 17.8. The summed E-state index contributed by atoms with van der Waals surface area (Å²) in [7, 11) is 0. The van der Waals surface area contributed by atoms with E-state index in [-0.39, 0.29) is 48.3 Å². The van der Waals surface area contributed by atoms with E-state index >= 15 is 0 Å². The van der Waals surface area contributed by atoms with Gasteiger partial charge in [0.1, 0.15) is 29.4 Å². The molecule has 4 aliphatic heterocycles. The first-order chi connectivity index (χ1) is 29.8. The van der Waals surface area contributed by atoms with E-state index < -0.39 is 55.2 Å². The van der Waals surface area contributed by atoms with Crippen molar-refractivity contribution in [2.75, 3.05) is 63.0 Å². The molecule has 64 heavy (non-hydrogen) atoms. The number of aromatic carboxylic acids is 1. The number of carboxylic acids is 1. The van der Waals surface area contributed by atoms with Crippen molar-refractivity contribution in [3.63, 3.8) is 0 Å². The van der Waals surface area contributed by atoms with Gasteiger partial charge in [-0.05, 0) is 67.8 Å². The zero-order valence-corrected chi connectivity index (χ0v) is 34.5. The number of nitrogens with one attached hydrogen (secondary N) is 2. The number of hydrogen-bond acceptors (Lipinski definition) is 13. The molecule has 4 atom stereocenters. The summed E-state index contributed by atoms with van der Waals surface area (Å²) in [6, 6.07) is 11.8. The molecule has 0 saturated carbocycles. The molecule has 4 amide bonds. The second-order valence-corrected chi connectivity index (χ2v) is 14.7. The number of carbonyl (C=O) groups excluding carboxylic acids is 3. The number of anilines is 6. The number of ketones is 1. The van der Waals surface area contributed by atoms with Gasteiger partial charge in [0, 0.05) is 51.5 Å². The van der Waals surface area contributed by atoms with Crippen LogP contribution in [0.2, 0.25) is 0 Å². The third-order valence-electron chi connectivity index (χ3n) is 10.4. The van der Waals surface area contributed by atoms with Gasteiger partial charge in [-0.2, -0.15) is 26.3 Å². The van der Waals surface area contributed by atoms with Crippen molar-refractivity contribution >= 4 is 70.9 Å². The molecule has 0 radical (unpaired) electrons. The Morgan fingerprint density at radius 1 is 0.703 bits per heavy atom. The van der Waals surface area contributed by atoms with Crippen molar-refractivity contribution in [1.82, 2.24) is 19.9 Å². The van der Waals surface area contributed by atoms with Gasteiger partial charge in [0.15, 0.2) is 23.1 Å². The predicted octanol–water partition coefficient (Wildman–Crippen LogP) is 5.02. The van der Waals surface area contributed by atoms with Crippen LogP contribution in [0.4, 0.5) is 70.6 Å². The lowest BCUT2D eigenvalue weighted by atomic mass is 10.1. The Balaban J connectivity index is 0.000000207. The Morgan fingerprint density at radius 3 is 1.55 bits per heavy atom. The molecule has 25 heteroatoms. The second-order valence-electron chi connectivity index (χ2n) is 14.7. The fraction of sp³-hybridized carbons (Fsp3) is 0.385. The van der Waals surface area contributed by atoms with Crippen molar-refractivity contribution in [1.29, 1.82) is 0 Å². The Morgan fingerprint density at radius 2 is 1.16 bits per heavy atom. The molecule has 8 heterocycles. The maximum Gasteiger partial charge on any atom is 0.404 e. The minimum atomic E-state index is -4.56. The molecular weight excluding hydrogens is 880 g/mol. The van der Waals surface area contributed by atoms with Gasteiger partial charge < -0.3 is 32.1 Å². The van der Waals surface area contributed by atoms with Crippen LogP contribution < -0.4 is 47.4 Å². The van der Waals surface area contributed by atoms with Crippen LogP contribution >= 0.6 is 12.4 Å². The number of aromatic nitrogens is 4. The Kier molecular flexibility index (Phi) is 15.5. The summed E-state index contributed by atoms with van der Waals surface area (Å²) in [6.07, 6.45) is -5.12. The van der Waals surface area contributed by atoms with E-state index in [1.54, 1.807) is 65.8 Å². The topological polar surface area (TPSA) is 255 Å². The highest BCUT2D eigenvalue weighted by Crippen LogP contribution is 2.40. The average Bonchev–Trinajstić information content (AvgIpc) is 3.87. The third-order valence-corrected chi connectivity index (χ3v) is 10.4. The summed E-state index contributed by atoms with van der Waals surface area (Å²) in [6.45, 7) is 2.36. The van der Waals surface area contributed by atoms with Crippen molar-refractivity contribution in [3.8, 4) is 0 Å². The summed E-state index contributed by atoms with van der Waals surface area (Å²) in [4.78, 5) is 73.5. The Hall–Kier alpha value is -6.37. The fourth-order valence-electron chi connectivity index (χ4n) is 7.14. The van der Waals surface area contributed by atoms with Gasteiger partial charge in [0.2, 0.25) is 0 Å². The summed E-state index contributed by atoms with van der Waals surface area (Å²) in [5, 5.41) is 14.7. The molecule has 0 aromatic carbocycles. The number of alkyl halides is 6. The maximum atomic E-state index is 13.0. The van der Waals surface area contributed by atoms with Crippen molar-refractivity contribution in [3.05, 3.63) is 84.4 Å². The lowest BCUT2D eigenvalue weighted by Crippen LogP contribution is -2.48. The highest BCUT2D eigenvalue weighted by Gasteiger charge is 2.43. The summed E-state index contributed by atoms with van der Waals surface area (Å²) in [5.41, 5.74) is 15.6. The number of carboxylic acid groups (broad SMARTS) is 1. The van der Waals surface area contributed by atoms with Gasteiger partial charge in [-0.15, -0.1) is 12.4 Å². The van der Waals surface area contributed by atoms with Crippen LogP contribution in [0.25, 0.3) is 0 Å². The highest BCUT2D eigenvalue weighted by atomic mass is 35.5. The molecular formula is C39H44ClF6N13O5. The van der Waals surface area contributed by atoms with Crippen LogP contribution in [-0.4, -0.2) is 118 Å². The molecule has 4 aromatic heterocycles. The van der Waals surface area contributed by atoms with Gasteiger partial charge in [-0.3, -0.25) is 25.2 Å². The third kappa shape index (κ3) is 11.4. The number of rotatable bonds is 8. The first-order valence-corrected chi connectivity index (χ1v) is 19.5. The van der Waals surface area contributed by atoms with E-state index in [2.05, 4.69) is 51.8 Å². The van der Waals surface area contributed by atoms with Gasteiger partial charge in [0.25, 0.3) is 0 Å². The van der Waals surface area contributed by atoms with Crippen LogP contribution in [0.5, 0.6) is 0 Å². The summed E-state index contributed by atoms with van der Waals surface area (Å²) >= 11 is 0. The maximum absolute atomic E-state index is 13.0. The largest absolute Gasteiger partial charge is 0.477 e. The van der Waals surface area contributed by atoms with Gasteiger partial charge in [0.05, 0.1) is 23.5 Å². The first-order valence-electron chi connectivity index (χ1n) is 19.5. The van der Waals surface area contributed by atoms with Gasteiger partial charge in [-0.25, -0.2) is 34.3 Å². The Bertz CT molecular complexity index is 2280. The number of fused-ring (bicyclic) bond motifs is 8. The number of nitrogens with two attached hydrogens (primary N) is 3. The van der Waals surface area contributed by atoms with E-state index in [0.29, 0.717) is 35.5 Å². The molecule has 0 aliphatic carbocycles. The van der Waals surface area contributed by atoms with Gasteiger partial charge in [-0.1, -0.05) is 12.1 Å². The number of pyridine rings is 4. The van der Waals surface area contributed by atoms with E-state index in [9.17, 15) is 50.6 Å². The highest BCUT2D eigenvalue weighted by molar-refractivity contribution is 6.06. The Labute approximate surface area is 367 Å². The predicted molar refractivity (Wildman–Crippen MR) is 226 cm³/mol. The average molecular weight is 924 g/mol. The van der Waals surface area contributed by atoms with Crippen LogP contribution in [0.3, 0.4) is 0 Å². The van der Waals surface area contributed by atoms with Crippen molar-refractivity contribution in [2.45, 2.75) is 62.2 Å². The number of halogens is 7. The SMILES string of the molecule is Cl.NC(CCC(=O)c1ccc2c(n1)N(C(=O)Nc1ccccn1)[C@H]1CCN2C1)C(F)(F)F.NCC(N)C(F)(F)F.O=C(O)c1ccc2c(n1)N(C(=O)Nc1ccccn1)[C@H]1CCN2C1. The van der Waals surface area contributed by atoms with Crippen LogP contribution in [0.15, 0.2) is 73.1 Å². The van der Waals surface area contributed by atoms with Crippen molar-refractivity contribution < 1.29 is 50.6 Å². The number of Topliss-reactive ketones (excluding diaryl/α,β-unsaturated/α-hetero) is 1. The standard InChI is InChI=1S/C20H21F3N6O2.C16H15N5O3.C3H7F3N2.ClH/c21-20(22,23)16(24)7-6-15(30)13-4-5-14-18(26-13)29(12-8-10-28(14)11-12)19(31)27-17-3-1-2-9-25-17;22-15(23)11-4-5-12-14(18-11)21(10-6-8-20(12)9-10)16(24)19-13-3-1-2-7-17-13;4-3(5,6)2(8)1-7;/h1-5,9,12,16H,6-8,10-11,24H2,(H,25,27,31);1-5,7,10H,6,8-9H2,(H,22,23)(H,17,19,24);2H,1,7-8H2;1H/t12-,16?;10-;;/m00../s1. The smallest absolute Gasteiger partial charge is 0.404 e. The number of hydrogen-bond donors (Lipinski definition) is 6. The van der Waals surface area contributed by atoms with E-state index in [1.807, 2.05) is 0 Å². The molecule has 2 saturated heterocycles. The lowest BCUT2D eigenvalue weighted by molar-refractivity contribution is -0.148.